The second kappa shape index (κ2) is 5.90. The molecule has 0 aliphatic rings. The number of amides is 1. The minimum absolute atomic E-state index is 0.0844. The Morgan fingerprint density at radius 2 is 2.40 bits per heavy atom. The van der Waals surface area contributed by atoms with Crippen LogP contribution in [0.25, 0.3) is 0 Å². The monoisotopic (exact) mass is 273 g/mol. The maximum Gasteiger partial charge on any atom is 0.221 e. The molecule has 1 aromatic rings. The van der Waals surface area contributed by atoms with Crippen LogP contribution in [0.15, 0.2) is 10.7 Å². The van der Waals surface area contributed by atoms with E-state index in [4.69, 9.17) is 0 Å². The summed E-state index contributed by atoms with van der Waals surface area (Å²) in [6, 6.07) is 0. The van der Waals surface area contributed by atoms with Crippen LogP contribution >= 0.6 is 15.9 Å². The molecule has 84 valence electrons. The fourth-order valence-corrected chi connectivity index (χ4v) is 1.49. The molecule has 1 amide bonds. The maximum absolute atomic E-state index is 11.3. The zero-order chi connectivity index (χ0) is 11.3. The number of hydrogen-bond donors (Lipinski definition) is 1. The Balaban J connectivity index is 2.33. The van der Waals surface area contributed by atoms with E-state index in [0.29, 0.717) is 13.0 Å². The second-order valence-corrected chi connectivity index (χ2v) is 4.28. The Hall–Kier alpha value is -0.840. The van der Waals surface area contributed by atoms with Gasteiger partial charge in [-0.3, -0.25) is 9.48 Å². The van der Waals surface area contributed by atoms with Crippen LogP contribution in [-0.2, 0) is 11.3 Å². The third-order valence-corrected chi connectivity index (χ3v) is 2.81. The lowest BCUT2D eigenvalue weighted by Crippen LogP contribution is -2.25. The number of aryl methyl sites for hydroxylation is 2. The van der Waals surface area contributed by atoms with Gasteiger partial charge >= 0.3 is 0 Å². The van der Waals surface area contributed by atoms with Crippen molar-refractivity contribution in [3.05, 3.63) is 16.4 Å². The van der Waals surface area contributed by atoms with Gasteiger partial charge in [-0.15, -0.1) is 0 Å². The predicted octanol–water partition coefficient (Wildman–Crippen LogP) is 1.87. The van der Waals surface area contributed by atoms with E-state index in [2.05, 4.69) is 26.3 Å². The summed E-state index contributed by atoms with van der Waals surface area (Å²) >= 11 is 3.38. The first kappa shape index (κ1) is 12.2. The molecule has 0 fully saturated rings. The summed E-state index contributed by atoms with van der Waals surface area (Å²) in [5.74, 6) is 0.0844. The van der Waals surface area contributed by atoms with Gasteiger partial charge in [-0.25, -0.2) is 0 Å². The molecule has 0 saturated carbocycles. The molecule has 4 nitrogen and oxygen atoms in total. The van der Waals surface area contributed by atoms with Crippen molar-refractivity contribution in [3.63, 3.8) is 0 Å². The minimum Gasteiger partial charge on any atom is -0.356 e. The average molecular weight is 274 g/mol. The van der Waals surface area contributed by atoms with Crippen molar-refractivity contribution >= 4 is 21.8 Å². The van der Waals surface area contributed by atoms with Crippen LogP contribution in [0.2, 0.25) is 0 Å². The van der Waals surface area contributed by atoms with E-state index in [9.17, 15) is 4.79 Å². The molecule has 5 heteroatoms. The van der Waals surface area contributed by atoms with Gasteiger partial charge in [0.15, 0.2) is 0 Å². The summed E-state index contributed by atoms with van der Waals surface area (Å²) in [6.07, 6.45) is 3.34. The Morgan fingerprint density at radius 3 is 2.93 bits per heavy atom. The van der Waals surface area contributed by atoms with Gasteiger partial charge in [0.05, 0.1) is 10.2 Å². The molecule has 0 unspecified atom stereocenters. The SMILES string of the molecule is CCCNC(=O)CCn1cc(Br)c(C)n1. The Labute approximate surface area is 98.2 Å². The highest BCUT2D eigenvalue weighted by Gasteiger charge is 2.04. The van der Waals surface area contributed by atoms with Crippen LogP contribution < -0.4 is 5.32 Å². The molecule has 1 aromatic heterocycles. The number of hydrogen-bond acceptors (Lipinski definition) is 2. The van der Waals surface area contributed by atoms with E-state index in [1.165, 1.54) is 0 Å². The third-order valence-electron chi connectivity index (χ3n) is 2.03. The molecule has 0 radical (unpaired) electrons. The molecular weight excluding hydrogens is 258 g/mol. The van der Waals surface area contributed by atoms with Crippen molar-refractivity contribution in [2.24, 2.45) is 0 Å². The molecule has 1 N–H and O–H groups in total. The molecule has 0 aliphatic heterocycles. The number of carbonyl (C=O) groups is 1. The first-order valence-corrected chi connectivity index (χ1v) is 5.89. The van der Waals surface area contributed by atoms with Crippen molar-refractivity contribution in [2.45, 2.75) is 33.2 Å². The minimum atomic E-state index is 0.0844. The predicted molar refractivity (Wildman–Crippen MR) is 62.6 cm³/mol. The number of nitrogens with one attached hydrogen (secondary N) is 1. The highest BCUT2D eigenvalue weighted by atomic mass is 79.9. The molecule has 0 bridgehead atoms. The Kier molecular flexibility index (Phi) is 4.81. The molecule has 0 aromatic carbocycles. The summed E-state index contributed by atoms with van der Waals surface area (Å²) in [5.41, 5.74) is 0.948. The number of nitrogens with zero attached hydrogens (tertiary/aromatic N) is 2. The van der Waals surface area contributed by atoms with Crippen LogP contribution in [0.4, 0.5) is 0 Å². The fraction of sp³-hybridized carbons (Fsp3) is 0.600. The lowest BCUT2D eigenvalue weighted by atomic mass is 10.4. The van der Waals surface area contributed by atoms with E-state index in [0.717, 1.165) is 23.1 Å². The average Bonchev–Trinajstić information content (AvgIpc) is 2.52. The lowest BCUT2D eigenvalue weighted by molar-refractivity contribution is -0.121. The van der Waals surface area contributed by atoms with Crippen LogP contribution in [-0.4, -0.2) is 22.2 Å². The molecule has 0 aliphatic carbocycles. The zero-order valence-corrected chi connectivity index (χ0v) is 10.7. The summed E-state index contributed by atoms with van der Waals surface area (Å²) in [7, 11) is 0. The highest BCUT2D eigenvalue weighted by molar-refractivity contribution is 9.10. The first-order chi connectivity index (χ1) is 7.13. The first-order valence-electron chi connectivity index (χ1n) is 5.09. The standard InChI is InChI=1S/C10H16BrN3O/c1-3-5-12-10(15)4-6-14-7-9(11)8(2)13-14/h7H,3-6H2,1-2H3,(H,12,15). The quantitative estimate of drug-likeness (QED) is 0.891. The van der Waals surface area contributed by atoms with Gasteiger partial charge in [0.25, 0.3) is 0 Å². The fourth-order valence-electron chi connectivity index (χ4n) is 1.18. The third kappa shape index (κ3) is 4.03. The van der Waals surface area contributed by atoms with Crippen molar-refractivity contribution < 1.29 is 4.79 Å². The summed E-state index contributed by atoms with van der Waals surface area (Å²) in [5, 5.41) is 7.08. The Bertz CT molecular complexity index is 316. The molecule has 15 heavy (non-hydrogen) atoms. The van der Waals surface area contributed by atoms with Crippen LogP contribution in [0.5, 0.6) is 0 Å². The van der Waals surface area contributed by atoms with Crippen molar-refractivity contribution in [1.29, 1.82) is 0 Å². The van der Waals surface area contributed by atoms with E-state index >= 15 is 0 Å². The molecule has 1 rings (SSSR count). The largest absolute Gasteiger partial charge is 0.356 e. The summed E-state index contributed by atoms with van der Waals surface area (Å²) < 4.78 is 2.77. The van der Waals surface area contributed by atoms with Gasteiger partial charge in [0, 0.05) is 25.7 Å². The highest BCUT2D eigenvalue weighted by Crippen LogP contribution is 2.13. The normalized spacial score (nSPS) is 10.3. The molecule has 0 atom stereocenters. The lowest BCUT2D eigenvalue weighted by Gasteiger charge is -2.03. The summed E-state index contributed by atoms with van der Waals surface area (Å²) in [4.78, 5) is 11.3. The molecular formula is C10H16BrN3O. The van der Waals surface area contributed by atoms with Gasteiger partial charge < -0.3 is 5.32 Å². The molecule has 0 spiro atoms. The van der Waals surface area contributed by atoms with Crippen molar-refractivity contribution in [1.82, 2.24) is 15.1 Å². The molecule has 1 heterocycles. The van der Waals surface area contributed by atoms with Gasteiger partial charge in [-0.1, -0.05) is 6.92 Å². The molecule has 0 saturated heterocycles. The number of carbonyl (C=O) groups excluding carboxylic acids is 1. The van der Waals surface area contributed by atoms with E-state index in [1.807, 2.05) is 20.0 Å². The van der Waals surface area contributed by atoms with Gasteiger partial charge in [-0.2, -0.15) is 5.10 Å². The second-order valence-electron chi connectivity index (χ2n) is 3.43. The van der Waals surface area contributed by atoms with Gasteiger partial charge in [0.1, 0.15) is 0 Å². The maximum atomic E-state index is 11.3. The van der Waals surface area contributed by atoms with Gasteiger partial charge in [0.2, 0.25) is 5.91 Å². The van der Waals surface area contributed by atoms with E-state index < -0.39 is 0 Å². The van der Waals surface area contributed by atoms with Crippen LogP contribution in [0.3, 0.4) is 0 Å². The number of halogens is 1. The van der Waals surface area contributed by atoms with Crippen molar-refractivity contribution in [2.75, 3.05) is 6.54 Å². The number of rotatable bonds is 5. The van der Waals surface area contributed by atoms with E-state index in [-0.39, 0.29) is 5.91 Å². The smallest absolute Gasteiger partial charge is 0.221 e. The number of aromatic nitrogens is 2. The van der Waals surface area contributed by atoms with Crippen LogP contribution in [0.1, 0.15) is 25.5 Å². The Morgan fingerprint density at radius 1 is 1.67 bits per heavy atom. The topological polar surface area (TPSA) is 46.9 Å². The van der Waals surface area contributed by atoms with Gasteiger partial charge in [-0.05, 0) is 29.3 Å². The van der Waals surface area contributed by atoms with Crippen molar-refractivity contribution in [3.8, 4) is 0 Å². The van der Waals surface area contributed by atoms with E-state index in [1.54, 1.807) is 4.68 Å². The zero-order valence-electron chi connectivity index (χ0n) is 9.09. The van der Waals surface area contributed by atoms with Crippen LogP contribution in [0, 0.1) is 6.92 Å². The summed E-state index contributed by atoms with van der Waals surface area (Å²) in [6.45, 7) is 5.34.